The van der Waals surface area contributed by atoms with Crippen molar-refractivity contribution in [1.29, 1.82) is 0 Å². The van der Waals surface area contributed by atoms with Crippen LogP contribution >= 0.6 is 15.6 Å². The Morgan fingerprint density at radius 3 is 0.760 bits per heavy atom. The fraction of sp³-hybridized carbons (Fsp3) is 0.951. The van der Waals surface area contributed by atoms with Gasteiger partial charge in [0.15, 0.2) is 12.2 Å². The lowest BCUT2D eigenvalue weighted by Gasteiger charge is -2.21. The van der Waals surface area contributed by atoms with Gasteiger partial charge in [-0.2, -0.15) is 0 Å². The molecule has 0 radical (unpaired) electrons. The Morgan fingerprint density at radius 1 is 0.290 bits per heavy atom. The quantitative estimate of drug-likeness (QED) is 0.0222. The van der Waals surface area contributed by atoms with Crippen LogP contribution in [0.2, 0.25) is 0 Å². The van der Waals surface area contributed by atoms with Crippen molar-refractivity contribution in [2.24, 2.45) is 11.8 Å². The molecule has 6 atom stereocenters. The maximum Gasteiger partial charge on any atom is 0.472 e. The summed E-state index contributed by atoms with van der Waals surface area (Å²) in [5, 5.41) is 10.6. The maximum absolute atomic E-state index is 13.1. The van der Waals surface area contributed by atoms with Gasteiger partial charge in [-0.25, -0.2) is 9.13 Å². The van der Waals surface area contributed by atoms with E-state index in [0.29, 0.717) is 25.7 Å². The van der Waals surface area contributed by atoms with Gasteiger partial charge in [-0.05, 0) is 37.5 Å². The molecule has 0 amide bonds. The lowest BCUT2D eigenvalue weighted by molar-refractivity contribution is -0.161. The van der Waals surface area contributed by atoms with Crippen molar-refractivity contribution in [2.75, 3.05) is 39.6 Å². The van der Waals surface area contributed by atoms with E-state index in [1.165, 1.54) is 238 Å². The fourth-order valence-electron chi connectivity index (χ4n) is 12.5. The van der Waals surface area contributed by atoms with Gasteiger partial charge in [0.1, 0.15) is 19.3 Å². The molecule has 100 heavy (non-hydrogen) atoms. The summed E-state index contributed by atoms with van der Waals surface area (Å²) in [5.41, 5.74) is 0. The van der Waals surface area contributed by atoms with Gasteiger partial charge in [0.25, 0.3) is 0 Å². The number of hydrogen-bond donors (Lipinski definition) is 3. The average Bonchev–Trinajstić information content (AvgIpc) is 1.40. The summed E-state index contributed by atoms with van der Waals surface area (Å²) >= 11 is 0. The Hall–Kier alpha value is -1.94. The third-order valence-corrected chi connectivity index (χ3v) is 21.2. The predicted molar refractivity (Wildman–Crippen MR) is 409 cm³/mol. The van der Waals surface area contributed by atoms with Crippen molar-refractivity contribution < 1.29 is 80.2 Å². The summed E-state index contributed by atoms with van der Waals surface area (Å²) in [7, 11) is -9.91. The van der Waals surface area contributed by atoms with E-state index in [-0.39, 0.29) is 25.7 Å². The molecule has 0 heterocycles. The third kappa shape index (κ3) is 73.0. The minimum atomic E-state index is -4.96. The molecule has 594 valence electrons. The zero-order valence-electron chi connectivity index (χ0n) is 65.5. The number of carbonyl (C=O) groups is 4. The van der Waals surface area contributed by atoms with Gasteiger partial charge in [0.05, 0.1) is 26.4 Å². The molecule has 17 nitrogen and oxygen atoms in total. The molecule has 0 rings (SSSR count). The number of ether oxygens (including phenoxy) is 4. The van der Waals surface area contributed by atoms with Crippen molar-refractivity contribution in [1.82, 2.24) is 0 Å². The van der Waals surface area contributed by atoms with Gasteiger partial charge < -0.3 is 33.8 Å². The van der Waals surface area contributed by atoms with E-state index in [9.17, 15) is 43.2 Å². The van der Waals surface area contributed by atoms with Crippen molar-refractivity contribution in [3.8, 4) is 0 Å². The van der Waals surface area contributed by atoms with E-state index in [2.05, 4.69) is 41.5 Å². The molecule has 0 aliphatic carbocycles. The minimum Gasteiger partial charge on any atom is -0.462 e. The van der Waals surface area contributed by atoms with Crippen LogP contribution in [0.15, 0.2) is 0 Å². The Balaban J connectivity index is 5.19. The van der Waals surface area contributed by atoms with Crippen LogP contribution in [0.25, 0.3) is 0 Å². The second-order valence-electron chi connectivity index (χ2n) is 29.9. The fourth-order valence-corrected chi connectivity index (χ4v) is 14.1. The molecular formula is C81H158O17P2. The number of rotatable bonds is 80. The van der Waals surface area contributed by atoms with Crippen LogP contribution in [0, 0.1) is 11.8 Å². The number of esters is 4. The van der Waals surface area contributed by atoms with Gasteiger partial charge in [0, 0.05) is 25.7 Å². The molecule has 3 N–H and O–H groups in total. The zero-order valence-corrected chi connectivity index (χ0v) is 67.3. The molecule has 0 fully saturated rings. The van der Waals surface area contributed by atoms with E-state index in [1.54, 1.807) is 0 Å². The molecule has 0 aliphatic rings. The molecule has 3 unspecified atom stereocenters. The first-order chi connectivity index (χ1) is 48.4. The van der Waals surface area contributed by atoms with Gasteiger partial charge in [-0.1, -0.05) is 375 Å². The topological polar surface area (TPSA) is 237 Å². The average molecular weight is 1470 g/mol. The van der Waals surface area contributed by atoms with Gasteiger partial charge >= 0.3 is 39.5 Å². The molecule has 0 aromatic rings. The highest BCUT2D eigenvalue weighted by Gasteiger charge is 2.30. The van der Waals surface area contributed by atoms with Crippen LogP contribution in [0.3, 0.4) is 0 Å². The van der Waals surface area contributed by atoms with Crippen LogP contribution in [0.4, 0.5) is 0 Å². The number of phosphoric ester groups is 2. The summed E-state index contributed by atoms with van der Waals surface area (Å²) in [4.78, 5) is 72.9. The lowest BCUT2D eigenvalue weighted by atomic mass is 9.99. The first-order valence-corrected chi connectivity index (χ1v) is 45.0. The zero-order chi connectivity index (χ0) is 73.5. The number of hydrogen-bond acceptors (Lipinski definition) is 15. The number of unbranched alkanes of at least 4 members (excludes halogenated alkanes) is 49. The Kier molecular flexibility index (Phi) is 71.2. The Labute approximate surface area is 613 Å². The number of aliphatic hydroxyl groups excluding tert-OH is 1. The van der Waals surface area contributed by atoms with Crippen LogP contribution in [-0.2, 0) is 65.4 Å². The highest BCUT2D eigenvalue weighted by atomic mass is 31.2. The maximum atomic E-state index is 13.1. The van der Waals surface area contributed by atoms with Gasteiger partial charge in [-0.3, -0.25) is 37.3 Å². The summed E-state index contributed by atoms with van der Waals surface area (Å²) in [6.07, 6.45) is 62.6. The van der Waals surface area contributed by atoms with Crippen molar-refractivity contribution in [2.45, 2.75) is 445 Å². The minimum absolute atomic E-state index is 0.106. The first-order valence-electron chi connectivity index (χ1n) is 42.0. The molecular weight excluding hydrogens is 1310 g/mol. The normalized spacial score (nSPS) is 14.2. The molecule has 0 saturated carbocycles. The predicted octanol–water partition coefficient (Wildman–Crippen LogP) is 24.3. The first kappa shape index (κ1) is 98.1. The third-order valence-electron chi connectivity index (χ3n) is 19.3. The summed E-state index contributed by atoms with van der Waals surface area (Å²) in [6.45, 7) is 9.65. The molecule has 0 bridgehead atoms. The van der Waals surface area contributed by atoms with E-state index in [0.717, 1.165) is 108 Å². The van der Waals surface area contributed by atoms with Gasteiger partial charge in [0.2, 0.25) is 0 Å². The van der Waals surface area contributed by atoms with Gasteiger partial charge in [-0.15, -0.1) is 0 Å². The lowest BCUT2D eigenvalue weighted by Crippen LogP contribution is -2.30. The van der Waals surface area contributed by atoms with Crippen molar-refractivity contribution in [3.63, 3.8) is 0 Å². The Bertz CT molecular complexity index is 1930. The van der Waals surface area contributed by atoms with Crippen LogP contribution < -0.4 is 0 Å². The van der Waals surface area contributed by atoms with E-state index in [1.807, 2.05) is 0 Å². The standard InChI is InChI=1S/C81H158O17P2/c1-7-10-12-14-16-18-19-20-21-22-23-24-25-26-27-32-35-41-47-53-59-65-80(85)98-77(70-92-79(84)64-58-52-46-40-34-31-29-28-30-33-39-44-50-56-62-74(6)9-3)72-96-100(89,90)94-68-75(82)67-93-99(87,88)95-71-76(69-91-78(83)63-57-51-45-17-15-13-11-8-2)97-81(86)66-60-54-48-42-37-36-38-43-49-55-61-73(4)5/h73-77,82H,7-72H2,1-6H3,(H,87,88)(H,89,90)/t74?,75-,76+,77+/m0/s1. The van der Waals surface area contributed by atoms with E-state index in [4.69, 9.17) is 37.0 Å². The van der Waals surface area contributed by atoms with Crippen LogP contribution in [0.5, 0.6) is 0 Å². The molecule has 0 saturated heterocycles. The Morgan fingerprint density at radius 2 is 0.510 bits per heavy atom. The number of aliphatic hydroxyl groups is 1. The van der Waals surface area contributed by atoms with E-state index >= 15 is 0 Å². The molecule has 0 aromatic heterocycles. The number of phosphoric acid groups is 2. The molecule has 19 heteroatoms. The monoisotopic (exact) mass is 1470 g/mol. The highest BCUT2D eigenvalue weighted by Crippen LogP contribution is 2.45. The summed E-state index contributed by atoms with van der Waals surface area (Å²) < 4.78 is 68.6. The molecule has 0 aromatic carbocycles. The smallest absolute Gasteiger partial charge is 0.462 e. The highest BCUT2D eigenvalue weighted by molar-refractivity contribution is 7.47. The van der Waals surface area contributed by atoms with Crippen LogP contribution in [-0.4, -0.2) is 96.7 Å². The number of carbonyl (C=O) groups excluding carboxylic acids is 4. The second-order valence-corrected chi connectivity index (χ2v) is 32.8. The largest absolute Gasteiger partial charge is 0.472 e. The van der Waals surface area contributed by atoms with E-state index < -0.39 is 97.5 Å². The van der Waals surface area contributed by atoms with Crippen molar-refractivity contribution in [3.05, 3.63) is 0 Å². The summed E-state index contributed by atoms with van der Waals surface area (Å²) in [6, 6.07) is 0. The summed E-state index contributed by atoms with van der Waals surface area (Å²) in [5.74, 6) is -0.510. The molecule has 0 spiro atoms. The second kappa shape index (κ2) is 72.6. The SMILES string of the molecule is CCCCCCCCCCCCCCCCCCCCCCCC(=O)O[C@H](COC(=O)CCCCCCCCCCCCCCCCC(C)CC)COP(=O)(O)OC[C@@H](O)COP(=O)(O)OC[C@@H](COC(=O)CCCCCCCCCC)OC(=O)CCCCCCCCCCCCC(C)C. The molecule has 0 aliphatic heterocycles. The van der Waals surface area contributed by atoms with Crippen LogP contribution in [0.1, 0.15) is 427 Å². The van der Waals surface area contributed by atoms with Crippen molar-refractivity contribution >= 4 is 39.5 Å².